The Kier molecular flexibility index (Phi) is 4.02. The van der Waals surface area contributed by atoms with Crippen LogP contribution in [0.4, 0.5) is 0 Å². The Hall–Kier alpha value is -0.940. The van der Waals surface area contributed by atoms with Crippen molar-refractivity contribution in [3.63, 3.8) is 0 Å². The Morgan fingerprint density at radius 3 is 3.11 bits per heavy atom. The fourth-order valence-corrected chi connectivity index (χ4v) is 3.59. The zero-order valence-electron chi connectivity index (χ0n) is 10.8. The number of aryl methyl sites for hydroxylation is 1. The van der Waals surface area contributed by atoms with E-state index in [9.17, 15) is 4.79 Å². The van der Waals surface area contributed by atoms with Crippen LogP contribution in [0.15, 0.2) is 21.6 Å². The summed E-state index contributed by atoms with van der Waals surface area (Å²) < 4.78 is 10.3. The average molecular weight is 269 g/mol. The molecule has 5 heteroatoms. The predicted octanol–water partition coefficient (Wildman–Crippen LogP) is 2.49. The minimum absolute atomic E-state index is 0.267. The first kappa shape index (κ1) is 13.5. The highest BCUT2D eigenvalue weighted by Gasteiger charge is 2.43. The quantitative estimate of drug-likeness (QED) is 0.851. The van der Waals surface area contributed by atoms with Gasteiger partial charge in [-0.25, -0.2) is 0 Å². The van der Waals surface area contributed by atoms with E-state index in [4.69, 9.17) is 14.9 Å². The molecule has 1 aromatic heterocycles. The molecule has 4 nitrogen and oxygen atoms in total. The zero-order chi connectivity index (χ0) is 13.2. The van der Waals surface area contributed by atoms with E-state index in [1.807, 2.05) is 13.0 Å². The van der Waals surface area contributed by atoms with Crippen LogP contribution < -0.4 is 5.73 Å². The molecule has 2 N–H and O–H groups in total. The molecule has 1 saturated carbocycles. The van der Waals surface area contributed by atoms with Crippen molar-refractivity contribution in [3.8, 4) is 0 Å². The molecule has 0 aliphatic heterocycles. The molecule has 18 heavy (non-hydrogen) atoms. The maximum atomic E-state index is 11.8. The van der Waals surface area contributed by atoms with Gasteiger partial charge in [0.2, 0.25) is 0 Å². The van der Waals surface area contributed by atoms with Crippen molar-refractivity contribution in [2.45, 2.75) is 48.8 Å². The van der Waals surface area contributed by atoms with Gasteiger partial charge in [0.05, 0.1) is 12.9 Å². The summed E-state index contributed by atoms with van der Waals surface area (Å²) in [5, 5.41) is 0.357. The van der Waals surface area contributed by atoms with E-state index in [-0.39, 0.29) is 5.97 Å². The van der Waals surface area contributed by atoms with Crippen LogP contribution in [0.2, 0.25) is 0 Å². The zero-order valence-corrected chi connectivity index (χ0v) is 11.6. The van der Waals surface area contributed by atoms with Gasteiger partial charge < -0.3 is 14.9 Å². The van der Waals surface area contributed by atoms with E-state index in [1.54, 1.807) is 24.9 Å². The van der Waals surface area contributed by atoms with Crippen molar-refractivity contribution < 1.29 is 13.9 Å². The van der Waals surface area contributed by atoms with Gasteiger partial charge in [0.15, 0.2) is 0 Å². The van der Waals surface area contributed by atoms with Gasteiger partial charge in [-0.3, -0.25) is 4.79 Å². The van der Waals surface area contributed by atoms with Gasteiger partial charge in [0, 0.05) is 10.1 Å². The van der Waals surface area contributed by atoms with E-state index in [1.165, 1.54) is 0 Å². The lowest BCUT2D eigenvalue weighted by Gasteiger charge is -2.21. The molecule has 0 amide bonds. The van der Waals surface area contributed by atoms with Crippen molar-refractivity contribution in [2.24, 2.45) is 5.73 Å². The van der Waals surface area contributed by atoms with Crippen LogP contribution in [0.3, 0.4) is 0 Å². The number of hydrogen-bond donors (Lipinski definition) is 1. The number of thioether (sulfide) groups is 1. The highest BCUT2D eigenvalue weighted by molar-refractivity contribution is 8.00. The van der Waals surface area contributed by atoms with Crippen molar-refractivity contribution in [3.05, 3.63) is 18.1 Å². The van der Waals surface area contributed by atoms with Crippen molar-refractivity contribution in [1.82, 2.24) is 0 Å². The molecule has 0 spiro atoms. The van der Waals surface area contributed by atoms with E-state index in [0.717, 1.165) is 17.1 Å². The third-order valence-corrected chi connectivity index (χ3v) is 4.70. The van der Waals surface area contributed by atoms with Gasteiger partial charge in [-0.1, -0.05) is 0 Å². The summed E-state index contributed by atoms with van der Waals surface area (Å²) in [5.41, 5.74) is 5.33. The summed E-state index contributed by atoms with van der Waals surface area (Å²) in [4.78, 5) is 12.9. The van der Waals surface area contributed by atoms with Gasteiger partial charge in [0.25, 0.3) is 0 Å². The fraction of sp³-hybridized carbons (Fsp3) is 0.615. The van der Waals surface area contributed by atoms with Crippen LogP contribution in [-0.2, 0) is 9.53 Å². The summed E-state index contributed by atoms with van der Waals surface area (Å²) >= 11 is 1.74. The summed E-state index contributed by atoms with van der Waals surface area (Å²) in [6, 6.07) is 1.96. The van der Waals surface area contributed by atoms with Gasteiger partial charge in [-0.2, -0.15) is 0 Å². The molecule has 0 aromatic carbocycles. The molecular formula is C13H19NO3S. The van der Waals surface area contributed by atoms with Gasteiger partial charge in [-0.05, 0) is 39.2 Å². The second-order valence-electron chi connectivity index (χ2n) is 4.70. The topological polar surface area (TPSA) is 65.5 Å². The number of rotatable bonds is 4. The molecule has 1 aromatic rings. The minimum Gasteiger partial charge on any atom is -0.468 e. The number of carbonyl (C=O) groups is 1. The van der Waals surface area contributed by atoms with E-state index in [0.29, 0.717) is 24.7 Å². The van der Waals surface area contributed by atoms with Crippen molar-refractivity contribution in [1.29, 1.82) is 0 Å². The monoisotopic (exact) mass is 269 g/mol. The average Bonchev–Trinajstić information content (AvgIpc) is 2.89. The molecule has 2 rings (SSSR count). The highest BCUT2D eigenvalue weighted by atomic mass is 32.2. The number of nitrogens with two attached hydrogens (primary N) is 1. The molecule has 1 fully saturated rings. The molecule has 1 aliphatic carbocycles. The summed E-state index contributed by atoms with van der Waals surface area (Å²) in [5.74, 6) is 0.655. The lowest BCUT2D eigenvalue weighted by atomic mass is 10.00. The normalized spacial score (nSPS) is 27.4. The maximum Gasteiger partial charge on any atom is 0.326 e. The molecule has 2 unspecified atom stereocenters. The van der Waals surface area contributed by atoms with Crippen LogP contribution >= 0.6 is 11.8 Å². The first-order valence-electron chi connectivity index (χ1n) is 6.22. The third kappa shape index (κ3) is 2.72. The predicted molar refractivity (Wildman–Crippen MR) is 70.5 cm³/mol. The molecular weight excluding hydrogens is 250 g/mol. The van der Waals surface area contributed by atoms with Crippen LogP contribution in [0.5, 0.6) is 0 Å². The SMILES string of the molecule is CCOC(=O)C1(N)CCC(Sc2ccoc2C)C1. The molecule has 0 saturated heterocycles. The Bertz CT molecular complexity index is 432. The van der Waals surface area contributed by atoms with Crippen LogP contribution in [0.25, 0.3) is 0 Å². The second-order valence-corrected chi connectivity index (χ2v) is 6.04. The van der Waals surface area contributed by atoms with E-state index >= 15 is 0 Å². The molecule has 1 aliphatic rings. The number of ether oxygens (including phenoxy) is 1. The largest absolute Gasteiger partial charge is 0.468 e. The van der Waals surface area contributed by atoms with Crippen molar-refractivity contribution >= 4 is 17.7 Å². The lowest BCUT2D eigenvalue weighted by molar-refractivity contribution is -0.149. The Morgan fingerprint density at radius 1 is 1.72 bits per heavy atom. The molecule has 1 heterocycles. The first-order valence-corrected chi connectivity index (χ1v) is 7.10. The molecule has 100 valence electrons. The summed E-state index contributed by atoms with van der Waals surface area (Å²) in [6.45, 7) is 4.13. The molecule has 0 bridgehead atoms. The van der Waals surface area contributed by atoms with Gasteiger partial charge in [-0.15, -0.1) is 11.8 Å². The minimum atomic E-state index is -0.800. The Labute approximate surface area is 111 Å². The second kappa shape index (κ2) is 5.36. The van der Waals surface area contributed by atoms with Gasteiger partial charge >= 0.3 is 5.97 Å². The molecule has 2 atom stereocenters. The number of hydrogen-bond acceptors (Lipinski definition) is 5. The summed E-state index contributed by atoms with van der Waals surface area (Å²) in [6.07, 6.45) is 3.99. The summed E-state index contributed by atoms with van der Waals surface area (Å²) in [7, 11) is 0. The van der Waals surface area contributed by atoms with Crippen LogP contribution in [-0.4, -0.2) is 23.4 Å². The standard InChI is InChI=1S/C13H19NO3S/c1-3-16-12(15)13(14)6-4-10(8-13)18-11-5-7-17-9(11)2/h5,7,10H,3-4,6,8,14H2,1-2H3. The van der Waals surface area contributed by atoms with Crippen molar-refractivity contribution in [2.75, 3.05) is 6.61 Å². The fourth-order valence-electron chi connectivity index (χ4n) is 2.26. The third-order valence-electron chi connectivity index (χ3n) is 3.29. The Balaban J connectivity index is 1.96. The van der Waals surface area contributed by atoms with Crippen LogP contribution in [0, 0.1) is 6.92 Å². The first-order chi connectivity index (χ1) is 8.55. The van der Waals surface area contributed by atoms with Gasteiger partial charge in [0.1, 0.15) is 11.3 Å². The van der Waals surface area contributed by atoms with E-state index in [2.05, 4.69) is 0 Å². The maximum absolute atomic E-state index is 11.8. The number of carbonyl (C=O) groups excluding carboxylic acids is 1. The van der Waals surface area contributed by atoms with Crippen LogP contribution in [0.1, 0.15) is 31.9 Å². The highest BCUT2D eigenvalue weighted by Crippen LogP contribution is 2.40. The number of esters is 1. The Morgan fingerprint density at radius 2 is 2.50 bits per heavy atom. The molecule has 0 radical (unpaired) electrons. The number of furan rings is 1. The van der Waals surface area contributed by atoms with E-state index < -0.39 is 5.54 Å². The lowest BCUT2D eigenvalue weighted by Crippen LogP contribution is -2.47. The smallest absolute Gasteiger partial charge is 0.326 e.